The van der Waals surface area contributed by atoms with Gasteiger partial charge in [-0.2, -0.15) is 0 Å². The van der Waals surface area contributed by atoms with Crippen molar-refractivity contribution in [1.82, 2.24) is 9.21 Å². The molecule has 1 aliphatic heterocycles. The van der Waals surface area contributed by atoms with E-state index in [4.69, 9.17) is 4.74 Å². The van der Waals surface area contributed by atoms with E-state index in [9.17, 15) is 17.6 Å². The zero-order chi connectivity index (χ0) is 17.6. The van der Waals surface area contributed by atoms with Crippen LogP contribution in [0, 0.1) is 5.82 Å². The molecule has 134 valence electrons. The lowest BCUT2D eigenvalue weighted by molar-refractivity contribution is -0.135. The monoisotopic (exact) mass is 358 g/mol. The molecule has 1 fully saturated rings. The lowest BCUT2D eigenvalue weighted by Crippen LogP contribution is -2.42. The molecule has 0 aromatic heterocycles. The molecule has 8 heteroatoms. The number of carbonyl (C=O) groups is 1. The van der Waals surface area contributed by atoms with Crippen LogP contribution in [0.15, 0.2) is 24.3 Å². The summed E-state index contributed by atoms with van der Waals surface area (Å²) in [4.78, 5) is 13.8. The minimum absolute atomic E-state index is 0.0614. The van der Waals surface area contributed by atoms with Gasteiger partial charge in [-0.25, -0.2) is 17.1 Å². The topological polar surface area (TPSA) is 66.9 Å². The first-order valence-electron chi connectivity index (χ1n) is 7.91. The third-order valence-corrected chi connectivity index (χ3v) is 5.27. The Labute approximate surface area is 142 Å². The molecule has 24 heavy (non-hydrogen) atoms. The van der Waals surface area contributed by atoms with E-state index in [1.807, 2.05) is 0 Å². The van der Waals surface area contributed by atoms with Crippen LogP contribution >= 0.6 is 0 Å². The third-order valence-electron chi connectivity index (χ3n) is 3.97. The van der Waals surface area contributed by atoms with Crippen LogP contribution in [0.3, 0.4) is 0 Å². The second-order valence-corrected chi connectivity index (χ2v) is 7.76. The van der Waals surface area contributed by atoms with Crippen LogP contribution in [0.1, 0.15) is 12.0 Å². The van der Waals surface area contributed by atoms with Crippen molar-refractivity contribution >= 4 is 15.9 Å². The quantitative estimate of drug-likeness (QED) is 0.726. The molecule has 0 aliphatic carbocycles. The fraction of sp³-hybridized carbons (Fsp3) is 0.562. The third kappa shape index (κ3) is 5.85. The molecule has 0 atom stereocenters. The summed E-state index contributed by atoms with van der Waals surface area (Å²) in [6, 6.07) is 5.97. The maximum absolute atomic E-state index is 12.9. The molecule has 1 heterocycles. The summed E-state index contributed by atoms with van der Waals surface area (Å²) < 4.78 is 43.2. The number of nitrogens with zero attached hydrogens (tertiary/aromatic N) is 2. The average Bonchev–Trinajstić information content (AvgIpc) is 2.55. The highest BCUT2D eigenvalue weighted by Crippen LogP contribution is 2.08. The first-order chi connectivity index (χ1) is 11.4. The number of halogens is 1. The molecule has 1 saturated heterocycles. The molecular formula is C16H23FN2O4S. The smallest absolute Gasteiger partial charge is 0.224 e. The largest absolute Gasteiger partial charge is 0.378 e. The van der Waals surface area contributed by atoms with E-state index in [2.05, 4.69) is 0 Å². The Morgan fingerprint density at radius 2 is 1.83 bits per heavy atom. The van der Waals surface area contributed by atoms with Crippen LogP contribution < -0.4 is 0 Å². The average molecular weight is 358 g/mol. The second kappa shape index (κ2) is 8.55. The summed E-state index contributed by atoms with van der Waals surface area (Å²) >= 11 is 0. The van der Waals surface area contributed by atoms with E-state index in [0.29, 0.717) is 32.7 Å². The lowest BCUT2D eigenvalue weighted by atomic mass is 10.1. The Morgan fingerprint density at radius 1 is 1.21 bits per heavy atom. The Morgan fingerprint density at radius 3 is 2.42 bits per heavy atom. The summed E-state index contributed by atoms with van der Waals surface area (Å²) in [5.74, 6) is -0.386. The highest BCUT2D eigenvalue weighted by Gasteiger charge is 2.21. The molecule has 0 N–H and O–H groups in total. The van der Waals surface area contributed by atoms with E-state index in [1.54, 1.807) is 17.0 Å². The predicted molar refractivity (Wildman–Crippen MR) is 88.5 cm³/mol. The maximum Gasteiger partial charge on any atom is 0.224 e. The van der Waals surface area contributed by atoms with Gasteiger partial charge in [0.2, 0.25) is 15.9 Å². The predicted octanol–water partition coefficient (Wildman–Crippen LogP) is 0.879. The number of hydrogen-bond acceptors (Lipinski definition) is 4. The Bertz CT molecular complexity index is 643. The van der Waals surface area contributed by atoms with Gasteiger partial charge in [-0.05, 0) is 24.1 Å². The zero-order valence-corrected chi connectivity index (χ0v) is 14.6. The fourth-order valence-corrected chi connectivity index (χ4v) is 3.39. The van der Waals surface area contributed by atoms with Crippen molar-refractivity contribution in [1.29, 1.82) is 0 Å². The van der Waals surface area contributed by atoms with Crippen LogP contribution in [0.2, 0.25) is 0 Å². The van der Waals surface area contributed by atoms with Gasteiger partial charge in [0.1, 0.15) is 5.82 Å². The summed E-state index contributed by atoms with van der Waals surface area (Å²) in [6.07, 6.45) is 1.76. The zero-order valence-electron chi connectivity index (χ0n) is 13.8. The van der Waals surface area contributed by atoms with Crippen LogP contribution in [-0.4, -0.2) is 69.2 Å². The molecule has 0 bridgehead atoms. The number of carbonyl (C=O) groups excluding carboxylic acids is 1. The van der Waals surface area contributed by atoms with Gasteiger partial charge in [0.05, 0.1) is 19.5 Å². The van der Waals surface area contributed by atoms with E-state index in [0.717, 1.165) is 11.8 Å². The van der Waals surface area contributed by atoms with E-state index < -0.39 is 10.0 Å². The van der Waals surface area contributed by atoms with Gasteiger partial charge in [-0.1, -0.05) is 12.1 Å². The molecular weight excluding hydrogens is 335 g/mol. The van der Waals surface area contributed by atoms with E-state index in [-0.39, 0.29) is 31.2 Å². The standard InChI is InChI=1S/C16H23FN2O4S/c1-24(21,22)19(8-6-14-2-4-15(17)5-3-14)9-7-16(20)18-10-12-23-13-11-18/h2-5H,6-13H2,1H3. The Balaban J connectivity index is 1.88. The molecule has 0 spiro atoms. The van der Waals surface area contributed by atoms with Crippen LogP contribution in [0.4, 0.5) is 4.39 Å². The summed E-state index contributed by atoms with van der Waals surface area (Å²) in [5.41, 5.74) is 0.851. The minimum Gasteiger partial charge on any atom is -0.378 e. The van der Waals surface area contributed by atoms with Gasteiger partial charge in [-0.15, -0.1) is 0 Å². The number of ether oxygens (including phenoxy) is 1. The van der Waals surface area contributed by atoms with Crippen LogP contribution in [-0.2, 0) is 26.0 Å². The molecule has 6 nitrogen and oxygen atoms in total. The molecule has 2 rings (SSSR count). The van der Waals surface area contributed by atoms with Gasteiger partial charge >= 0.3 is 0 Å². The van der Waals surface area contributed by atoms with Crippen molar-refractivity contribution in [3.05, 3.63) is 35.6 Å². The molecule has 0 radical (unpaired) electrons. The number of morpholine rings is 1. The van der Waals surface area contributed by atoms with Gasteiger partial charge in [0.15, 0.2) is 0 Å². The number of sulfonamides is 1. The van der Waals surface area contributed by atoms with Crippen LogP contribution in [0.5, 0.6) is 0 Å². The SMILES string of the molecule is CS(=O)(=O)N(CCC(=O)N1CCOCC1)CCc1ccc(F)cc1. The first-order valence-corrected chi connectivity index (χ1v) is 9.76. The maximum atomic E-state index is 12.9. The van der Waals surface area contributed by atoms with Crippen LogP contribution in [0.25, 0.3) is 0 Å². The minimum atomic E-state index is -3.41. The van der Waals surface area contributed by atoms with Gasteiger partial charge in [0.25, 0.3) is 0 Å². The van der Waals surface area contributed by atoms with E-state index in [1.165, 1.54) is 16.4 Å². The normalized spacial score (nSPS) is 15.7. The Hall–Kier alpha value is -1.51. The lowest BCUT2D eigenvalue weighted by Gasteiger charge is -2.28. The van der Waals surface area contributed by atoms with Crippen molar-refractivity contribution in [2.24, 2.45) is 0 Å². The fourth-order valence-electron chi connectivity index (χ4n) is 2.54. The van der Waals surface area contributed by atoms with Crippen molar-refractivity contribution in [2.45, 2.75) is 12.8 Å². The molecule has 1 aromatic carbocycles. The molecule has 1 aromatic rings. The molecule has 0 saturated carbocycles. The summed E-state index contributed by atoms with van der Waals surface area (Å²) in [5, 5.41) is 0. The Kier molecular flexibility index (Phi) is 6.70. The van der Waals surface area contributed by atoms with Gasteiger partial charge in [-0.3, -0.25) is 4.79 Å². The van der Waals surface area contributed by atoms with Crippen molar-refractivity contribution in [3.8, 4) is 0 Å². The number of amides is 1. The van der Waals surface area contributed by atoms with Crippen molar-refractivity contribution in [3.63, 3.8) is 0 Å². The number of rotatable bonds is 7. The molecule has 1 aliphatic rings. The summed E-state index contributed by atoms with van der Waals surface area (Å²) in [7, 11) is -3.41. The van der Waals surface area contributed by atoms with E-state index >= 15 is 0 Å². The highest BCUT2D eigenvalue weighted by atomic mass is 32.2. The number of hydrogen-bond donors (Lipinski definition) is 0. The number of benzene rings is 1. The second-order valence-electron chi connectivity index (χ2n) is 5.78. The van der Waals surface area contributed by atoms with Crippen molar-refractivity contribution < 1.29 is 22.3 Å². The molecule has 1 amide bonds. The highest BCUT2D eigenvalue weighted by molar-refractivity contribution is 7.88. The first kappa shape index (κ1) is 18.8. The van der Waals surface area contributed by atoms with Gasteiger partial charge in [0, 0.05) is 32.6 Å². The molecule has 0 unspecified atom stereocenters. The summed E-state index contributed by atoms with van der Waals surface area (Å²) in [6.45, 7) is 2.55. The van der Waals surface area contributed by atoms with Crippen molar-refractivity contribution in [2.75, 3.05) is 45.6 Å². The van der Waals surface area contributed by atoms with Gasteiger partial charge < -0.3 is 9.64 Å².